The lowest BCUT2D eigenvalue weighted by molar-refractivity contribution is 1.46. The van der Waals surface area contributed by atoms with Crippen molar-refractivity contribution in [2.75, 3.05) is 11.5 Å². The van der Waals surface area contributed by atoms with Gasteiger partial charge in [-0.25, -0.2) is 4.98 Å². The summed E-state index contributed by atoms with van der Waals surface area (Å²) in [6.45, 7) is 1.98. The summed E-state index contributed by atoms with van der Waals surface area (Å²) in [6.07, 6.45) is 0. The molecule has 0 spiro atoms. The molecule has 0 saturated carbocycles. The van der Waals surface area contributed by atoms with Gasteiger partial charge in [-0.1, -0.05) is 17.7 Å². The first-order valence-electron chi connectivity index (χ1n) is 5.75. The van der Waals surface area contributed by atoms with Crippen LogP contribution < -0.4 is 11.5 Å². The molecule has 1 heterocycles. The summed E-state index contributed by atoms with van der Waals surface area (Å²) in [6, 6.07) is 7.93. The predicted octanol–water partition coefficient (Wildman–Crippen LogP) is 4.09. The van der Waals surface area contributed by atoms with Crippen LogP contribution in [0.3, 0.4) is 0 Å². The number of nitrogen functional groups attached to an aromatic ring is 2. The van der Waals surface area contributed by atoms with Gasteiger partial charge in [0.1, 0.15) is 0 Å². The minimum Gasteiger partial charge on any atom is -0.397 e. The summed E-state index contributed by atoms with van der Waals surface area (Å²) < 4.78 is 1.13. The Morgan fingerprint density at radius 1 is 1.21 bits per heavy atom. The molecule has 3 rings (SSSR count). The van der Waals surface area contributed by atoms with E-state index in [1.807, 2.05) is 30.6 Å². The van der Waals surface area contributed by atoms with Crippen LogP contribution >= 0.6 is 22.9 Å². The van der Waals surface area contributed by atoms with Crippen molar-refractivity contribution in [2.45, 2.75) is 6.92 Å². The Morgan fingerprint density at radius 2 is 2.00 bits per heavy atom. The van der Waals surface area contributed by atoms with Crippen LogP contribution in [0.4, 0.5) is 11.4 Å². The average molecular weight is 290 g/mol. The molecule has 0 radical (unpaired) electrons. The summed E-state index contributed by atoms with van der Waals surface area (Å²) in [5.74, 6) is 0. The van der Waals surface area contributed by atoms with Crippen LogP contribution in [0.15, 0.2) is 29.8 Å². The molecule has 0 bridgehead atoms. The smallest absolute Gasteiger partial charge is 0.0871 e. The Labute approximate surface area is 119 Å². The molecule has 96 valence electrons. The molecule has 0 aliphatic heterocycles. The molecule has 2 aromatic carbocycles. The largest absolute Gasteiger partial charge is 0.397 e. The number of anilines is 2. The highest BCUT2D eigenvalue weighted by molar-refractivity contribution is 7.16. The minimum atomic E-state index is 0.421. The number of aryl methyl sites for hydroxylation is 1. The second-order valence-corrected chi connectivity index (χ2v) is 5.68. The Balaban J connectivity index is 2.29. The number of aromatic nitrogens is 1. The van der Waals surface area contributed by atoms with Gasteiger partial charge in [0.2, 0.25) is 0 Å². The Kier molecular flexibility index (Phi) is 2.84. The molecule has 0 aliphatic carbocycles. The van der Waals surface area contributed by atoms with Gasteiger partial charge in [-0.2, -0.15) is 0 Å². The number of rotatable bonds is 1. The van der Waals surface area contributed by atoms with Crippen molar-refractivity contribution < 1.29 is 0 Å². The van der Waals surface area contributed by atoms with Gasteiger partial charge in [0.05, 0.1) is 32.1 Å². The van der Waals surface area contributed by atoms with E-state index in [1.54, 1.807) is 11.3 Å². The van der Waals surface area contributed by atoms with E-state index in [9.17, 15) is 0 Å². The van der Waals surface area contributed by atoms with Crippen molar-refractivity contribution in [3.05, 3.63) is 40.4 Å². The second kappa shape index (κ2) is 4.40. The zero-order valence-corrected chi connectivity index (χ0v) is 11.8. The van der Waals surface area contributed by atoms with Crippen molar-refractivity contribution >= 4 is 44.5 Å². The van der Waals surface area contributed by atoms with Crippen LogP contribution in [0.2, 0.25) is 5.02 Å². The van der Waals surface area contributed by atoms with E-state index in [0.29, 0.717) is 16.4 Å². The fraction of sp³-hybridized carbons (Fsp3) is 0.0714. The predicted molar refractivity (Wildman–Crippen MR) is 83.6 cm³/mol. The lowest BCUT2D eigenvalue weighted by Crippen LogP contribution is -1.98. The summed E-state index contributed by atoms with van der Waals surface area (Å²) in [5, 5.41) is 0.421. The van der Waals surface area contributed by atoms with Crippen molar-refractivity contribution in [2.24, 2.45) is 0 Å². The number of benzene rings is 2. The topological polar surface area (TPSA) is 64.9 Å². The SMILES string of the molecule is Cc1cc(N)c(Cl)c(N)c1-c1ccc2ncsc2c1. The summed E-state index contributed by atoms with van der Waals surface area (Å²) >= 11 is 7.75. The molecule has 0 aliphatic rings. The monoisotopic (exact) mass is 289 g/mol. The van der Waals surface area contributed by atoms with Crippen LogP contribution in [-0.2, 0) is 0 Å². The van der Waals surface area contributed by atoms with Gasteiger partial charge in [0.15, 0.2) is 0 Å². The summed E-state index contributed by atoms with van der Waals surface area (Å²) in [4.78, 5) is 4.27. The van der Waals surface area contributed by atoms with E-state index < -0.39 is 0 Å². The highest BCUT2D eigenvalue weighted by atomic mass is 35.5. The molecule has 0 saturated heterocycles. The first-order valence-corrected chi connectivity index (χ1v) is 7.01. The standard InChI is InChI=1S/C14H12ClN3S/c1-7-4-9(16)13(15)14(17)12(7)8-2-3-10-11(5-8)19-6-18-10/h2-6H,16-17H2,1H3. The lowest BCUT2D eigenvalue weighted by atomic mass is 9.98. The second-order valence-electron chi connectivity index (χ2n) is 4.42. The van der Waals surface area contributed by atoms with Gasteiger partial charge in [-0.05, 0) is 36.2 Å². The Hall–Kier alpha value is -1.78. The number of hydrogen-bond acceptors (Lipinski definition) is 4. The van der Waals surface area contributed by atoms with Crippen LogP contribution in [0.5, 0.6) is 0 Å². The Morgan fingerprint density at radius 3 is 2.79 bits per heavy atom. The maximum atomic E-state index is 6.14. The van der Waals surface area contributed by atoms with Gasteiger partial charge < -0.3 is 11.5 Å². The van der Waals surface area contributed by atoms with E-state index in [1.165, 1.54) is 0 Å². The molecule has 0 unspecified atom stereocenters. The molecule has 3 nitrogen and oxygen atoms in total. The quantitative estimate of drug-likeness (QED) is 0.663. The lowest BCUT2D eigenvalue weighted by Gasteiger charge is -2.13. The van der Waals surface area contributed by atoms with E-state index in [4.69, 9.17) is 23.1 Å². The van der Waals surface area contributed by atoms with E-state index in [-0.39, 0.29) is 0 Å². The van der Waals surface area contributed by atoms with Crippen LogP contribution in [0.1, 0.15) is 5.56 Å². The molecule has 4 N–H and O–H groups in total. The van der Waals surface area contributed by atoms with E-state index in [0.717, 1.165) is 26.9 Å². The van der Waals surface area contributed by atoms with Crippen LogP contribution in [0.25, 0.3) is 21.3 Å². The fourth-order valence-corrected chi connectivity index (χ4v) is 3.11. The number of halogens is 1. The zero-order chi connectivity index (χ0) is 13.6. The average Bonchev–Trinajstić information content (AvgIpc) is 2.83. The van der Waals surface area contributed by atoms with Crippen molar-refractivity contribution in [1.29, 1.82) is 0 Å². The van der Waals surface area contributed by atoms with Gasteiger partial charge in [-0.15, -0.1) is 11.3 Å². The van der Waals surface area contributed by atoms with E-state index >= 15 is 0 Å². The number of fused-ring (bicyclic) bond motifs is 1. The minimum absolute atomic E-state index is 0.421. The third kappa shape index (κ3) is 1.93. The molecule has 0 amide bonds. The molecule has 1 aromatic heterocycles. The normalized spacial score (nSPS) is 11.1. The first kappa shape index (κ1) is 12.3. The summed E-state index contributed by atoms with van der Waals surface area (Å²) in [5.41, 5.74) is 18.8. The highest BCUT2D eigenvalue weighted by Crippen LogP contribution is 2.39. The fourth-order valence-electron chi connectivity index (χ4n) is 2.24. The Bertz CT molecular complexity index is 780. The van der Waals surface area contributed by atoms with Crippen molar-refractivity contribution in [3.63, 3.8) is 0 Å². The number of nitrogens with zero attached hydrogens (tertiary/aromatic N) is 1. The molecular weight excluding hydrogens is 278 g/mol. The molecule has 0 fully saturated rings. The maximum Gasteiger partial charge on any atom is 0.0871 e. The van der Waals surface area contributed by atoms with Crippen LogP contribution in [0, 0.1) is 6.92 Å². The molecule has 3 aromatic rings. The highest BCUT2D eigenvalue weighted by Gasteiger charge is 2.13. The third-order valence-corrected chi connectivity index (χ3v) is 4.36. The van der Waals surface area contributed by atoms with E-state index in [2.05, 4.69) is 11.1 Å². The number of thiazole rings is 1. The van der Waals surface area contributed by atoms with Crippen molar-refractivity contribution in [3.8, 4) is 11.1 Å². The maximum absolute atomic E-state index is 6.14. The number of nitrogens with two attached hydrogens (primary N) is 2. The molecular formula is C14H12ClN3S. The van der Waals surface area contributed by atoms with Crippen molar-refractivity contribution in [1.82, 2.24) is 4.98 Å². The third-order valence-electron chi connectivity index (χ3n) is 3.15. The molecule has 5 heteroatoms. The molecule has 19 heavy (non-hydrogen) atoms. The van der Waals surface area contributed by atoms with Gasteiger partial charge in [0.25, 0.3) is 0 Å². The molecule has 0 atom stereocenters. The first-order chi connectivity index (χ1) is 9.08. The summed E-state index contributed by atoms with van der Waals surface area (Å²) in [7, 11) is 0. The van der Waals surface area contributed by atoms with Gasteiger partial charge in [0, 0.05) is 5.56 Å². The zero-order valence-electron chi connectivity index (χ0n) is 10.3. The number of hydrogen-bond donors (Lipinski definition) is 2. The van der Waals surface area contributed by atoms with Gasteiger partial charge >= 0.3 is 0 Å². The van der Waals surface area contributed by atoms with Gasteiger partial charge in [-0.3, -0.25) is 0 Å². The van der Waals surface area contributed by atoms with Crippen LogP contribution in [-0.4, -0.2) is 4.98 Å².